The van der Waals surface area contributed by atoms with Crippen molar-refractivity contribution in [2.75, 3.05) is 5.73 Å². The summed E-state index contributed by atoms with van der Waals surface area (Å²) in [6, 6.07) is 20.0. The van der Waals surface area contributed by atoms with Gasteiger partial charge in [0.15, 0.2) is 0 Å². The molecule has 3 aromatic rings. The smallest absolute Gasteiger partial charge is 0.0938 e. The number of fused-ring (bicyclic) bond motifs is 1. The van der Waals surface area contributed by atoms with Gasteiger partial charge in [-0.05, 0) is 23.8 Å². The van der Waals surface area contributed by atoms with E-state index >= 15 is 0 Å². The summed E-state index contributed by atoms with van der Waals surface area (Å²) in [6.45, 7) is 0. The Morgan fingerprint density at radius 3 is 2.47 bits per heavy atom. The van der Waals surface area contributed by atoms with Crippen LogP contribution in [0.4, 0.5) is 5.69 Å². The second kappa shape index (κ2) is 4.94. The molecule has 0 aliphatic rings. The highest BCUT2D eigenvalue weighted by Gasteiger charge is 1.99. The van der Waals surface area contributed by atoms with E-state index in [0.717, 1.165) is 22.2 Å². The van der Waals surface area contributed by atoms with Crippen molar-refractivity contribution in [2.45, 2.75) is 0 Å². The molecule has 0 bridgehead atoms. The number of anilines is 1. The Balaban J connectivity index is 1.98. The lowest BCUT2D eigenvalue weighted by Crippen LogP contribution is -1.90. The number of para-hydroxylation sites is 1. The zero-order valence-corrected chi connectivity index (χ0v) is 10.5. The summed E-state index contributed by atoms with van der Waals surface area (Å²) in [4.78, 5) is 4.58. The molecule has 2 N–H and O–H groups in total. The predicted molar refractivity (Wildman–Crippen MR) is 81.5 cm³/mol. The Kier molecular flexibility index (Phi) is 2.99. The van der Waals surface area contributed by atoms with Gasteiger partial charge in [0.25, 0.3) is 0 Å². The first-order chi connectivity index (χ1) is 9.33. The van der Waals surface area contributed by atoms with Gasteiger partial charge in [0, 0.05) is 5.39 Å². The quantitative estimate of drug-likeness (QED) is 0.694. The molecule has 19 heavy (non-hydrogen) atoms. The Labute approximate surface area is 112 Å². The molecule has 0 saturated carbocycles. The largest absolute Gasteiger partial charge is 0.397 e. The van der Waals surface area contributed by atoms with Crippen LogP contribution in [0.5, 0.6) is 0 Å². The standard InChI is InChI=1S/C17H14N2/c18-16-8-4-7-14-10-12-15(19-17(14)16)11-9-13-5-2-1-3-6-13/h1-12H,18H2. The third-order valence-corrected chi connectivity index (χ3v) is 3.02. The van der Waals surface area contributed by atoms with Crippen LogP contribution in [0.2, 0.25) is 0 Å². The first-order valence-electron chi connectivity index (χ1n) is 6.21. The zero-order chi connectivity index (χ0) is 13.1. The molecule has 0 saturated heterocycles. The highest BCUT2D eigenvalue weighted by atomic mass is 14.7. The fourth-order valence-electron chi connectivity index (χ4n) is 2.02. The number of benzene rings is 2. The average Bonchev–Trinajstić information content (AvgIpc) is 2.47. The van der Waals surface area contributed by atoms with Crippen molar-refractivity contribution in [3.63, 3.8) is 0 Å². The summed E-state index contributed by atoms with van der Waals surface area (Å²) in [7, 11) is 0. The Morgan fingerprint density at radius 1 is 0.789 bits per heavy atom. The van der Waals surface area contributed by atoms with Crippen LogP contribution < -0.4 is 5.73 Å². The topological polar surface area (TPSA) is 38.9 Å². The van der Waals surface area contributed by atoms with Crippen molar-refractivity contribution in [2.24, 2.45) is 0 Å². The molecule has 0 atom stereocenters. The van der Waals surface area contributed by atoms with Crippen LogP contribution in [0, 0.1) is 0 Å². The van der Waals surface area contributed by atoms with Crippen LogP contribution in [0.3, 0.4) is 0 Å². The number of hydrogen-bond donors (Lipinski definition) is 1. The second-order valence-corrected chi connectivity index (χ2v) is 4.40. The van der Waals surface area contributed by atoms with Gasteiger partial charge in [-0.1, -0.05) is 54.6 Å². The summed E-state index contributed by atoms with van der Waals surface area (Å²) in [5.41, 5.74) is 9.59. The number of hydrogen-bond acceptors (Lipinski definition) is 2. The molecule has 0 aliphatic carbocycles. The molecule has 0 unspecified atom stereocenters. The van der Waals surface area contributed by atoms with Crippen molar-refractivity contribution < 1.29 is 0 Å². The Hall–Kier alpha value is -2.61. The minimum Gasteiger partial charge on any atom is -0.397 e. The van der Waals surface area contributed by atoms with E-state index in [4.69, 9.17) is 5.73 Å². The molecule has 0 radical (unpaired) electrons. The minimum atomic E-state index is 0.715. The number of pyridine rings is 1. The second-order valence-electron chi connectivity index (χ2n) is 4.40. The van der Waals surface area contributed by atoms with E-state index in [0.29, 0.717) is 5.69 Å². The molecule has 0 spiro atoms. The highest BCUT2D eigenvalue weighted by molar-refractivity contribution is 5.90. The fourth-order valence-corrected chi connectivity index (χ4v) is 2.02. The van der Waals surface area contributed by atoms with Crippen molar-refractivity contribution >= 4 is 28.7 Å². The van der Waals surface area contributed by atoms with E-state index in [1.807, 2.05) is 60.7 Å². The number of nitrogens with two attached hydrogens (primary N) is 1. The first-order valence-corrected chi connectivity index (χ1v) is 6.21. The van der Waals surface area contributed by atoms with Gasteiger partial charge in [0.1, 0.15) is 0 Å². The van der Waals surface area contributed by atoms with E-state index in [-0.39, 0.29) is 0 Å². The van der Waals surface area contributed by atoms with Crippen molar-refractivity contribution in [3.8, 4) is 0 Å². The van der Waals surface area contributed by atoms with Gasteiger partial charge in [-0.15, -0.1) is 0 Å². The van der Waals surface area contributed by atoms with Crippen molar-refractivity contribution in [3.05, 3.63) is 71.9 Å². The average molecular weight is 246 g/mol. The third kappa shape index (κ3) is 2.47. The molecule has 2 aromatic carbocycles. The first kappa shape index (κ1) is 11.5. The summed E-state index contributed by atoms with van der Waals surface area (Å²) in [5.74, 6) is 0. The summed E-state index contributed by atoms with van der Waals surface area (Å²) in [6.07, 6.45) is 4.05. The summed E-state index contributed by atoms with van der Waals surface area (Å²) < 4.78 is 0. The van der Waals surface area contributed by atoms with Gasteiger partial charge < -0.3 is 5.73 Å². The van der Waals surface area contributed by atoms with Gasteiger partial charge in [-0.3, -0.25) is 0 Å². The van der Waals surface area contributed by atoms with Gasteiger partial charge in [-0.25, -0.2) is 4.98 Å². The van der Waals surface area contributed by atoms with Gasteiger partial charge in [0.05, 0.1) is 16.9 Å². The summed E-state index contributed by atoms with van der Waals surface area (Å²) in [5, 5.41) is 1.07. The molecule has 3 rings (SSSR count). The van der Waals surface area contributed by atoms with E-state index in [1.165, 1.54) is 0 Å². The van der Waals surface area contributed by atoms with Crippen LogP contribution in [-0.2, 0) is 0 Å². The molecule has 2 heteroatoms. The lowest BCUT2D eigenvalue weighted by molar-refractivity contribution is 1.37. The molecule has 0 aliphatic heterocycles. The molecule has 2 nitrogen and oxygen atoms in total. The van der Waals surface area contributed by atoms with Crippen LogP contribution in [0.15, 0.2) is 60.7 Å². The predicted octanol–water partition coefficient (Wildman–Crippen LogP) is 3.99. The van der Waals surface area contributed by atoms with E-state index in [1.54, 1.807) is 0 Å². The van der Waals surface area contributed by atoms with Crippen LogP contribution in [0.1, 0.15) is 11.3 Å². The maximum Gasteiger partial charge on any atom is 0.0938 e. The number of nitrogen functional groups attached to an aromatic ring is 1. The molecular formula is C17H14N2. The Bertz CT molecular complexity index is 731. The van der Waals surface area contributed by atoms with Gasteiger partial charge in [0.2, 0.25) is 0 Å². The molecule has 1 heterocycles. The van der Waals surface area contributed by atoms with Crippen LogP contribution in [0.25, 0.3) is 23.1 Å². The molecule has 0 amide bonds. The van der Waals surface area contributed by atoms with E-state index in [2.05, 4.69) is 17.1 Å². The summed E-state index contributed by atoms with van der Waals surface area (Å²) >= 11 is 0. The van der Waals surface area contributed by atoms with E-state index in [9.17, 15) is 0 Å². The monoisotopic (exact) mass is 246 g/mol. The SMILES string of the molecule is Nc1cccc2ccc(C=Cc3ccccc3)nc12. The third-order valence-electron chi connectivity index (χ3n) is 3.02. The van der Waals surface area contributed by atoms with Gasteiger partial charge in [-0.2, -0.15) is 0 Å². The molecule has 0 fully saturated rings. The number of nitrogens with zero attached hydrogens (tertiary/aromatic N) is 1. The van der Waals surface area contributed by atoms with Crippen molar-refractivity contribution in [1.29, 1.82) is 0 Å². The van der Waals surface area contributed by atoms with Crippen LogP contribution >= 0.6 is 0 Å². The van der Waals surface area contributed by atoms with E-state index < -0.39 is 0 Å². The molecular weight excluding hydrogens is 232 g/mol. The Morgan fingerprint density at radius 2 is 1.63 bits per heavy atom. The maximum atomic E-state index is 5.95. The number of aromatic nitrogens is 1. The van der Waals surface area contributed by atoms with Gasteiger partial charge >= 0.3 is 0 Å². The number of rotatable bonds is 2. The lowest BCUT2D eigenvalue weighted by atomic mass is 10.1. The van der Waals surface area contributed by atoms with Crippen LogP contribution in [-0.4, -0.2) is 4.98 Å². The zero-order valence-electron chi connectivity index (χ0n) is 10.5. The minimum absolute atomic E-state index is 0.715. The lowest BCUT2D eigenvalue weighted by Gasteiger charge is -2.02. The maximum absolute atomic E-state index is 5.95. The highest BCUT2D eigenvalue weighted by Crippen LogP contribution is 2.19. The van der Waals surface area contributed by atoms with Crippen molar-refractivity contribution in [1.82, 2.24) is 4.98 Å². The molecule has 92 valence electrons. The fraction of sp³-hybridized carbons (Fsp3) is 0. The normalized spacial score (nSPS) is 11.2. The molecule has 1 aromatic heterocycles.